The van der Waals surface area contributed by atoms with Crippen molar-refractivity contribution in [3.05, 3.63) is 45.1 Å². The zero-order valence-electron chi connectivity index (χ0n) is 10.2. The summed E-state index contributed by atoms with van der Waals surface area (Å²) in [4.78, 5) is 23.2. The summed E-state index contributed by atoms with van der Waals surface area (Å²) in [5.74, 6) is -1.16. The first kappa shape index (κ1) is 14.1. The summed E-state index contributed by atoms with van der Waals surface area (Å²) in [5.41, 5.74) is 0.631. The van der Waals surface area contributed by atoms with Crippen LogP contribution in [0.25, 0.3) is 0 Å². The van der Waals surface area contributed by atoms with Crippen molar-refractivity contribution in [1.82, 2.24) is 0 Å². The molecule has 19 heavy (non-hydrogen) atoms. The molecule has 1 aliphatic carbocycles. The molecule has 2 rings (SSSR count). The van der Waals surface area contributed by atoms with E-state index in [0.717, 1.165) is 5.56 Å². The third-order valence-electron chi connectivity index (χ3n) is 3.19. The minimum absolute atomic E-state index is 0.0885. The van der Waals surface area contributed by atoms with Crippen molar-refractivity contribution >= 4 is 34.8 Å². The Morgan fingerprint density at radius 2 is 2.00 bits per heavy atom. The molecule has 0 fully saturated rings. The van der Waals surface area contributed by atoms with E-state index in [2.05, 4.69) is 0 Å². The van der Waals surface area contributed by atoms with Gasteiger partial charge >= 0.3 is 0 Å². The maximum atomic E-state index is 11.9. The highest BCUT2D eigenvalue weighted by Crippen LogP contribution is 2.38. The van der Waals surface area contributed by atoms with E-state index in [9.17, 15) is 14.7 Å². The summed E-state index contributed by atoms with van der Waals surface area (Å²) in [6.07, 6.45) is 0.375. The fourth-order valence-electron chi connectivity index (χ4n) is 2.34. The van der Waals surface area contributed by atoms with Crippen LogP contribution < -0.4 is 0 Å². The number of rotatable bonds is 2. The summed E-state index contributed by atoms with van der Waals surface area (Å²) >= 11 is 12.0. The Bertz CT molecular complexity index is 590. The van der Waals surface area contributed by atoms with Crippen molar-refractivity contribution in [3.8, 4) is 0 Å². The highest BCUT2D eigenvalue weighted by Gasteiger charge is 2.31. The van der Waals surface area contributed by atoms with Gasteiger partial charge in [-0.05, 0) is 36.6 Å². The van der Waals surface area contributed by atoms with E-state index in [1.807, 2.05) is 0 Å². The first-order valence-electron chi connectivity index (χ1n) is 5.81. The predicted molar refractivity (Wildman–Crippen MR) is 73.8 cm³/mol. The number of aliphatic hydroxyl groups excluding tert-OH is 1. The molecule has 0 amide bonds. The van der Waals surface area contributed by atoms with E-state index < -0.39 is 5.78 Å². The molecular weight excluding hydrogens is 287 g/mol. The molecule has 1 aromatic rings. The SMILES string of the molecule is CC(=O)C1=C(O)CC(c2cc(Cl)ccc2Cl)CC1=O. The second-order valence-electron chi connectivity index (χ2n) is 4.57. The van der Waals surface area contributed by atoms with Gasteiger partial charge in [-0.2, -0.15) is 0 Å². The van der Waals surface area contributed by atoms with E-state index in [1.54, 1.807) is 18.2 Å². The van der Waals surface area contributed by atoms with Gasteiger partial charge in [-0.25, -0.2) is 0 Å². The lowest BCUT2D eigenvalue weighted by Crippen LogP contribution is -2.22. The molecule has 3 nitrogen and oxygen atoms in total. The summed E-state index contributed by atoms with van der Waals surface area (Å²) in [5, 5.41) is 10.9. The van der Waals surface area contributed by atoms with Crippen molar-refractivity contribution in [3.63, 3.8) is 0 Å². The molecule has 0 saturated carbocycles. The molecule has 0 aliphatic heterocycles. The zero-order valence-corrected chi connectivity index (χ0v) is 11.8. The van der Waals surface area contributed by atoms with Gasteiger partial charge < -0.3 is 5.11 Å². The van der Waals surface area contributed by atoms with Gasteiger partial charge in [0.05, 0.1) is 5.57 Å². The van der Waals surface area contributed by atoms with Gasteiger partial charge in [0.1, 0.15) is 5.76 Å². The number of Topliss-reactive ketones (excluding diaryl/α,β-unsaturated/α-hetero) is 2. The number of carbonyl (C=O) groups excluding carboxylic acids is 2. The molecular formula is C14H12Cl2O3. The molecule has 0 bridgehead atoms. The molecule has 1 aliphatic rings. The maximum absolute atomic E-state index is 11.9. The Morgan fingerprint density at radius 3 is 2.58 bits per heavy atom. The average Bonchev–Trinajstić information content (AvgIpc) is 2.30. The number of allylic oxidation sites excluding steroid dienone is 2. The largest absolute Gasteiger partial charge is 0.511 e. The van der Waals surface area contributed by atoms with Crippen molar-refractivity contribution in [2.45, 2.75) is 25.7 Å². The molecule has 0 saturated heterocycles. The normalized spacial score (nSPS) is 19.7. The quantitative estimate of drug-likeness (QED) is 0.844. The van der Waals surface area contributed by atoms with E-state index in [4.69, 9.17) is 23.2 Å². The number of hydrogen-bond donors (Lipinski definition) is 1. The summed E-state index contributed by atoms with van der Waals surface area (Å²) in [6.45, 7) is 1.27. The number of aliphatic hydroxyl groups is 1. The monoisotopic (exact) mass is 298 g/mol. The second kappa shape index (κ2) is 5.35. The van der Waals surface area contributed by atoms with Gasteiger partial charge in [-0.3, -0.25) is 9.59 Å². The lowest BCUT2D eigenvalue weighted by Gasteiger charge is -2.23. The average molecular weight is 299 g/mol. The van der Waals surface area contributed by atoms with E-state index in [-0.39, 0.29) is 35.9 Å². The molecule has 1 aromatic carbocycles. The molecule has 0 radical (unpaired) electrons. The Labute approximate surface area is 120 Å². The van der Waals surface area contributed by atoms with Crippen LogP contribution in [0.4, 0.5) is 0 Å². The number of hydrogen-bond acceptors (Lipinski definition) is 3. The fourth-order valence-corrected chi connectivity index (χ4v) is 2.79. The van der Waals surface area contributed by atoms with Crippen molar-refractivity contribution < 1.29 is 14.7 Å². The third kappa shape index (κ3) is 2.82. The number of ketones is 2. The molecule has 5 heteroatoms. The predicted octanol–water partition coefficient (Wildman–Crippen LogP) is 3.84. The lowest BCUT2D eigenvalue weighted by molar-refractivity contribution is -0.121. The van der Waals surface area contributed by atoms with Gasteiger partial charge in [0.25, 0.3) is 0 Å². The third-order valence-corrected chi connectivity index (χ3v) is 3.77. The minimum atomic E-state index is -0.404. The molecule has 1 unspecified atom stereocenters. The van der Waals surface area contributed by atoms with Crippen molar-refractivity contribution in [1.29, 1.82) is 0 Å². The molecule has 100 valence electrons. The first-order valence-corrected chi connectivity index (χ1v) is 6.57. The molecule has 1 atom stereocenters. The van der Waals surface area contributed by atoms with Crippen LogP contribution in [0.5, 0.6) is 0 Å². The highest BCUT2D eigenvalue weighted by atomic mass is 35.5. The molecule has 0 aromatic heterocycles. The number of halogens is 2. The summed E-state index contributed by atoms with van der Waals surface area (Å²) in [6, 6.07) is 5.01. The summed E-state index contributed by atoms with van der Waals surface area (Å²) < 4.78 is 0. The van der Waals surface area contributed by atoms with Crippen LogP contribution in [0.15, 0.2) is 29.5 Å². The molecule has 0 spiro atoms. The van der Waals surface area contributed by atoms with E-state index in [1.165, 1.54) is 6.92 Å². The maximum Gasteiger partial charge on any atom is 0.170 e. The van der Waals surface area contributed by atoms with Gasteiger partial charge in [0.15, 0.2) is 11.6 Å². The fraction of sp³-hybridized carbons (Fsp3) is 0.286. The van der Waals surface area contributed by atoms with Crippen molar-refractivity contribution in [2.75, 3.05) is 0 Å². The van der Waals surface area contributed by atoms with Crippen LogP contribution in [-0.2, 0) is 9.59 Å². The minimum Gasteiger partial charge on any atom is -0.511 e. The van der Waals surface area contributed by atoms with Crippen LogP contribution in [-0.4, -0.2) is 16.7 Å². The van der Waals surface area contributed by atoms with E-state index in [0.29, 0.717) is 10.0 Å². The van der Waals surface area contributed by atoms with Gasteiger partial charge in [-0.1, -0.05) is 23.2 Å². The second-order valence-corrected chi connectivity index (χ2v) is 5.42. The topological polar surface area (TPSA) is 54.4 Å². The molecule has 0 heterocycles. The Morgan fingerprint density at radius 1 is 1.32 bits per heavy atom. The van der Waals surface area contributed by atoms with Crippen LogP contribution in [0.2, 0.25) is 10.0 Å². The Hall–Kier alpha value is -1.32. The Kier molecular flexibility index (Phi) is 3.97. The highest BCUT2D eigenvalue weighted by molar-refractivity contribution is 6.33. The van der Waals surface area contributed by atoms with Gasteiger partial charge in [0.2, 0.25) is 0 Å². The summed E-state index contributed by atoms with van der Waals surface area (Å²) in [7, 11) is 0. The zero-order chi connectivity index (χ0) is 14.2. The van der Waals surface area contributed by atoms with Crippen LogP contribution >= 0.6 is 23.2 Å². The smallest absolute Gasteiger partial charge is 0.170 e. The van der Waals surface area contributed by atoms with Crippen LogP contribution in [0, 0.1) is 0 Å². The molecule has 1 N–H and O–H groups in total. The van der Waals surface area contributed by atoms with Crippen LogP contribution in [0.1, 0.15) is 31.2 Å². The van der Waals surface area contributed by atoms with E-state index >= 15 is 0 Å². The van der Waals surface area contributed by atoms with Gasteiger partial charge in [0, 0.05) is 22.9 Å². The first-order chi connectivity index (χ1) is 8.90. The van der Waals surface area contributed by atoms with Crippen LogP contribution in [0.3, 0.4) is 0 Å². The standard InChI is InChI=1S/C14H12Cl2O3/c1-7(17)14-12(18)4-8(5-13(14)19)10-6-9(15)2-3-11(10)16/h2-3,6,8,18H,4-5H2,1H3. The van der Waals surface area contributed by atoms with Crippen molar-refractivity contribution in [2.24, 2.45) is 0 Å². The Balaban J connectivity index is 2.39. The number of benzene rings is 1. The van der Waals surface area contributed by atoms with Gasteiger partial charge in [-0.15, -0.1) is 0 Å². The number of carbonyl (C=O) groups is 2. The lowest BCUT2D eigenvalue weighted by atomic mass is 9.81.